The smallest absolute Gasteiger partial charge is 0.125 e. The summed E-state index contributed by atoms with van der Waals surface area (Å²) in [6, 6.07) is 11.1. The predicted octanol–water partition coefficient (Wildman–Crippen LogP) is 4.00. The fourth-order valence-electron chi connectivity index (χ4n) is 2.03. The van der Waals surface area contributed by atoms with Gasteiger partial charge in [0.05, 0.1) is 0 Å². The summed E-state index contributed by atoms with van der Waals surface area (Å²) in [5, 5.41) is 0.725. The van der Waals surface area contributed by atoms with Crippen LogP contribution in [0.25, 0.3) is 0 Å². The van der Waals surface area contributed by atoms with Crippen molar-refractivity contribution in [1.82, 2.24) is 0 Å². The zero-order chi connectivity index (χ0) is 14.5. The average molecular weight is 292 g/mol. The Morgan fingerprint density at radius 1 is 1.00 bits per heavy atom. The Hall–Kier alpha value is -1.87. The summed E-state index contributed by atoms with van der Waals surface area (Å²) in [6.45, 7) is 4.89. The van der Waals surface area contributed by atoms with Crippen molar-refractivity contribution >= 4 is 17.3 Å². The Balaban J connectivity index is 1.88. The predicted molar refractivity (Wildman–Crippen MR) is 82.8 cm³/mol. The molecule has 0 bridgehead atoms. The van der Waals surface area contributed by atoms with Crippen LogP contribution in [0.4, 0.5) is 5.69 Å². The molecular formula is C16H18ClNO2. The molecule has 2 N–H and O–H groups in total. The number of ether oxygens (including phenoxy) is 2. The van der Waals surface area contributed by atoms with Gasteiger partial charge in [-0.1, -0.05) is 17.7 Å². The molecule has 4 heteroatoms. The molecule has 0 aliphatic heterocycles. The lowest BCUT2D eigenvalue weighted by molar-refractivity contribution is 0.215. The lowest BCUT2D eigenvalue weighted by Gasteiger charge is -2.13. The number of halogens is 1. The topological polar surface area (TPSA) is 44.5 Å². The molecule has 0 aliphatic carbocycles. The summed E-state index contributed by atoms with van der Waals surface area (Å²) in [7, 11) is 0. The van der Waals surface area contributed by atoms with Crippen LogP contribution < -0.4 is 15.2 Å². The molecule has 0 aromatic heterocycles. The van der Waals surface area contributed by atoms with E-state index in [1.807, 2.05) is 44.2 Å². The van der Waals surface area contributed by atoms with Crippen LogP contribution in [0, 0.1) is 13.8 Å². The molecular weight excluding hydrogens is 274 g/mol. The quantitative estimate of drug-likeness (QED) is 0.669. The molecule has 0 amide bonds. The second kappa shape index (κ2) is 6.53. The van der Waals surface area contributed by atoms with Crippen molar-refractivity contribution < 1.29 is 9.47 Å². The van der Waals surface area contributed by atoms with Gasteiger partial charge in [0.25, 0.3) is 0 Å². The summed E-state index contributed by atoms with van der Waals surface area (Å²) in [4.78, 5) is 0. The number of hydrogen-bond acceptors (Lipinski definition) is 3. The zero-order valence-corrected chi connectivity index (χ0v) is 12.4. The van der Waals surface area contributed by atoms with Gasteiger partial charge < -0.3 is 15.2 Å². The van der Waals surface area contributed by atoms with Crippen molar-refractivity contribution in [3.8, 4) is 11.5 Å². The van der Waals surface area contributed by atoms with Crippen LogP contribution in [-0.2, 0) is 0 Å². The number of hydrogen-bond donors (Lipinski definition) is 1. The summed E-state index contributed by atoms with van der Waals surface area (Å²) in [5.74, 6) is 1.61. The standard InChI is InChI=1S/C16H18ClNO2/c1-11-8-13(17)9-12(2)16(11)20-7-6-19-15-5-3-4-14(18)10-15/h3-5,8-10H,6-7,18H2,1-2H3. The van der Waals surface area contributed by atoms with Crippen molar-refractivity contribution in [3.05, 3.63) is 52.5 Å². The van der Waals surface area contributed by atoms with E-state index in [9.17, 15) is 0 Å². The van der Waals surface area contributed by atoms with E-state index in [2.05, 4.69) is 0 Å². The first kappa shape index (κ1) is 14.5. The Bertz CT molecular complexity index is 576. The molecule has 0 radical (unpaired) electrons. The fraction of sp³-hybridized carbons (Fsp3) is 0.250. The monoisotopic (exact) mass is 291 g/mol. The van der Waals surface area contributed by atoms with Gasteiger partial charge in [-0.25, -0.2) is 0 Å². The SMILES string of the molecule is Cc1cc(Cl)cc(C)c1OCCOc1cccc(N)c1. The maximum absolute atomic E-state index is 5.99. The van der Waals surface area contributed by atoms with Crippen LogP contribution in [0.2, 0.25) is 5.02 Å². The van der Waals surface area contributed by atoms with Crippen molar-refractivity contribution in [2.75, 3.05) is 18.9 Å². The van der Waals surface area contributed by atoms with E-state index in [0.717, 1.165) is 27.6 Å². The number of anilines is 1. The van der Waals surface area contributed by atoms with Gasteiger partial charge in [-0.05, 0) is 49.2 Å². The van der Waals surface area contributed by atoms with Crippen LogP contribution >= 0.6 is 11.6 Å². The van der Waals surface area contributed by atoms with Crippen LogP contribution in [0.3, 0.4) is 0 Å². The van der Waals surface area contributed by atoms with Gasteiger partial charge in [-0.3, -0.25) is 0 Å². The van der Waals surface area contributed by atoms with E-state index >= 15 is 0 Å². The van der Waals surface area contributed by atoms with E-state index in [1.165, 1.54) is 0 Å². The molecule has 0 saturated carbocycles. The van der Waals surface area contributed by atoms with Crippen LogP contribution in [-0.4, -0.2) is 13.2 Å². The molecule has 2 rings (SSSR count). The fourth-order valence-corrected chi connectivity index (χ4v) is 2.36. The Labute approximate surface area is 124 Å². The molecule has 0 unspecified atom stereocenters. The third kappa shape index (κ3) is 3.81. The first-order valence-electron chi connectivity index (χ1n) is 6.44. The van der Waals surface area contributed by atoms with Crippen LogP contribution in [0.1, 0.15) is 11.1 Å². The number of benzene rings is 2. The van der Waals surface area contributed by atoms with Crippen LogP contribution in [0.5, 0.6) is 11.5 Å². The van der Waals surface area contributed by atoms with E-state index in [0.29, 0.717) is 18.9 Å². The van der Waals surface area contributed by atoms with Gasteiger partial charge in [0, 0.05) is 16.8 Å². The highest BCUT2D eigenvalue weighted by Crippen LogP contribution is 2.27. The van der Waals surface area contributed by atoms with Gasteiger partial charge in [-0.15, -0.1) is 0 Å². The van der Waals surface area contributed by atoms with Gasteiger partial charge in [0.15, 0.2) is 0 Å². The number of nitrogens with two attached hydrogens (primary N) is 1. The summed E-state index contributed by atoms with van der Waals surface area (Å²) in [5.41, 5.74) is 8.43. The lowest BCUT2D eigenvalue weighted by atomic mass is 10.1. The lowest BCUT2D eigenvalue weighted by Crippen LogP contribution is -2.10. The largest absolute Gasteiger partial charge is 0.490 e. The van der Waals surface area contributed by atoms with Gasteiger partial charge >= 0.3 is 0 Å². The normalized spacial score (nSPS) is 10.3. The molecule has 0 heterocycles. The first-order chi connectivity index (χ1) is 9.56. The molecule has 0 aliphatic rings. The van der Waals surface area contributed by atoms with Crippen molar-refractivity contribution in [2.45, 2.75) is 13.8 Å². The summed E-state index contributed by atoms with van der Waals surface area (Å²) < 4.78 is 11.3. The molecule has 0 atom stereocenters. The van der Waals surface area contributed by atoms with E-state index in [1.54, 1.807) is 6.07 Å². The molecule has 2 aromatic carbocycles. The molecule has 20 heavy (non-hydrogen) atoms. The van der Waals surface area contributed by atoms with Crippen molar-refractivity contribution in [1.29, 1.82) is 0 Å². The minimum Gasteiger partial charge on any atom is -0.490 e. The number of aryl methyl sites for hydroxylation is 2. The Morgan fingerprint density at radius 2 is 1.65 bits per heavy atom. The molecule has 2 aromatic rings. The maximum atomic E-state index is 5.99. The molecule has 0 spiro atoms. The third-order valence-corrected chi connectivity index (χ3v) is 3.10. The number of nitrogen functional groups attached to an aromatic ring is 1. The minimum absolute atomic E-state index is 0.463. The van der Waals surface area contributed by atoms with E-state index in [-0.39, 0.29) is 0 Å². The first-order valence-corrected chi connectivity index (χ1v) is 6.82. The summed E-state index contributed by atoms with van der Waals surface area (Å²) >= 11 is 5.99. The molecule has 0 saturated heterocycles. The second-order valence-corrected chi connectivity index (χ2v) is 5.07. The Morgan fingerprint density at radius 3 is 2.30 bits per heavy atom. The highest BCUT2D eigenvalue weighted by molar-refractivity contribution is 6.30. The van der Waals surface area contributed by atoms with E-state index in [4.69, 9.17) is 26.8 Å². The van der Waals surface area contributed by atoms with Crippen molar-refractivity contribution in [2.24, 2.45) is 0 Å². The van der Waals surface area contributed by atoms with Crippen LogP contribution in [0.15, 0.2) is 36.4 Å². The highest BCUT2D eigenvalue weighted by Gasteiger charge is 2.05. The highest BCUT2D eigenvalue weighted by atomic mass is 35.5. The molecule has 3 nitrogen and oxygen atoms in total. The Kier molecular flexibility index (Phi) is 4.74. The van der Waals surface area contributed by atoms with Gasteiger partial charge in [0.1, 0.15) is 24.7 Å². The summed E-state index contributed by atoms with van der Waals surface area (Å²) in [6.07, 6.45) is 0. The van der Waals surface area contributed by atoms with Gasteiger partial charge in [0.2, 0.25) is 0 Å². The van der Waals surface area contributed by atoms with Gasteiger partial charge in [-0.2, -0.15) is 0 Å². The molecule has 106 valence electrons. The zero-order valence-electron chi connectivity index (χ0n) is 11.7. The maximum Gasteiger partial charge on any atom is 0.125 e. The molecule has 0 fully saturated rings. The second-order valence-electron chi connectivity index (χ2n) is 4.64. The van der Waals surface area contributed by atoms with E-state index < -0.39 is 0 Å². The van der Waals surface area contributed by atoms with Crippen molar-refractivity contribution in [3.63, 3.8) is 0 Å². The third-order valence-electron chi connectivity index (χ3n) is 2.88. The minimum atomic E-state index is 0.463. The number of rotatable bonds is 5. The average Bonchev–Trinajstić information content (AvgIpc) is 2.36.